The molecule has 4 nitrogen and oxygen atoms in total. The predicted molar refractivity (Wildman–Crippen MR) is 72.1 cm³/mol. The molecule has 2 rings (SSSR count). The Bertz CT molecular complexity index is 369. The zero-order valence-electron chi connectivity index (χ0n) is 10.4. The quantitative estimate of drug-likeness (QED) is 0.616. The van der Waals surface area contributed by atoms with Crippen LogP contribution in [0.2, 0.25) is 5.02 Å². The Hall–Kier alpha value is -0.680. The summed E-state index contributed by atoms with van der Waals surface area (Å²) >= 11 is 6.12. The summed E-state index contributed by atoms with van der Waals surface area (Å²) in [6.45, 7) is 0.912. The van der Waals surface area contributed by atoms with Crippen LogP contribution in [0, 0.1) is 0 Å². The van der Waals surface area contributed by atoms with Crippen molar-refractivity contribution >= 4 is 11.6 Å². The standard InChI is InChI=1S/C13H20ClN3O/c14-11-6-2-8-16-13(11)12(17-15)7-1-4-10-5-3-9-18-10/h2,6,8,10,12,17H,1,3-5,7,9,15H2. The lowest BCUT2D eigenvalue weighted by atomic mass is 10.0. The van der Waals surface area contributed by atoms with E-state index in [1.54, 1.807) is 6.20 Å². The van der Waals surface area contributed by atoms with Crippen molar-refractivity contribution in [2.75, 3.05) is 6.61 Å². The Labute approximate surface area is 113 Å². The largest absolute Gasteiger partial charge is 0.378 e. The highest BCUT2D eigenvalue weighted by Gasteiger charge is 2.18. The number of pyridine rings is 1. The lowest BCUT2D eigenvalue weighted by Gasteiger charge is -2.17. The van der Waals surface area contributed by atoms with Crippen LogP contribution in [-0.4, -0.2) is 17.7 Å². The first-order valence-electron chi connectivity index (χ1n) is 6.49. The zero-order chi connectivity index (χ0) is 12.8. The fraction of sp³-hybridized carbons (Fsp3) is 0.615. The predicted octanol–water partition coefficient (Wildman–Crippen LogP) is 2.59. The van der Waals surface area contributed by atoms with Gasteiger partial charge in [0.25, 0.3) is 0 Å². The van der Waals surface area contributed by atoms with Gasteiger partial charge in [0.1, 0.15) is 0 Å². The molecule has 18 heavy (non-hydrogen) atoms. The van der Waals surface area contributed by atoms with E-state index in [4.69, 9.17) is 22.2 Å². The first-order valence-corrected chi connectivity index (χ1v) is 6.87. The van der Waals surface area contributed by atoms with Gasteiger partial charge in [0.15, 0.2) is 0 Å². The topological polar surface area (TPSA) is 60.2 Å². The number of halogens is 1. The summed E-state index contributed by atoms with van der Waals surface area (Å²) in [5.74, 6) is 5.59. The van der Waals surface area contributed by atoms with Gasteiger partial charge in [-0.05, 0) is 44.2 Å². The van der Waals surface area contributed by atoms with Crippen molar-refractivity contribution in [2.24, 2.45) is 5.84 Å². The van der Waals surface area contributed by atoms with E-state index in [0.29, 0.717) is 11.1 Å². The van der Waals surface area contributed by atoms with E-state index in [1.807, 2.05) is 12.1 Å². The van der Waals surface area contributed by atoms with Gasteiger partial charge in [0, 0.05) is 12.8 Å². The highest BCUT2D eigenvalue weighted by atomic mass is 35.5. The SMILES string of the molecule is NNC(CCCC1CCCO1)c1ncccc1Cl. The van der Waals surface area contributed by atoms with E-state index in [9.17, 15) is 0 Å². The summed E-state index contributed by atoms with van der Waals surface area (Å²) < 4.78 is 5.60. The molecule has 2 unspecified atom stereocenters. The van der Waals surface area contributed by atoms with Crippen LogP contribution < -0.4 is 11.3 Å². The third-order valence-electron chi connectivity index (χ3n) is 3.36. The molecule has 1 aliphatic heterocycles. The molecule has 1 aromatic rings. The monoisotopic (exact) mass is 269 g/mol. The number of nitrogens with one attached hydrogen (secondary N) is 1. The summed E-state index contributed by atoms with van der Waals surface area (Å²) in [5, 5.41) is 0.664. The highest BCUT2D eigenvalue weighted by molar-refractivity contribution is 6.31. The van der Waals surface area contributed by atoms with E-state index >= 15 is 0 Å². The van der Waals surface area contributed by atoms with E-state index in [1.165, 1.54) is 12.8 Å². The highest BCUT2D eigenvalue weighted by Crippen LogP contribution is 2.25. The van der Waals surface area contributed by atoms with E-state index < -0.39 is 0 Å². The van der Waals surface area contributed by atoms with Crippen molar-refractivity contribution in [2.45, 2.75) is 44.2 Å². The fourth-order valence-electron chi connectivity index (χ4n) is 2.37. The van der Waals surface area contributed by atoms with Gasteiger partial charge < -0.3 is 4.74 Å². The Morgan fingerprint density at radius 2 is 2.50 bits per heavy atom. The maximum absolute atomic E-state index is 6.12. The third-order valence-corrected chi connectivity index (χ3v) is 3.68. The fourth-order valence-corrected chi connectivity index (χ4v) is 2.63. The number of hydrogen-bond acceptors (Lipinski definition) is 4. The van der Waals surface area contributed by atoms with Crippen LogP contribution in [0.3, 0.4) is 0 Å². The summed E-state index contributed by atoms with van der Waals surface area (Å²) in [6, 6.07) is 3.68. The van der Waals surface area contributed by atoms with Gasteiger partial charge in [-0.2, -0.15) is 0 Å². The molecule has 1 fully saturated rings. The molecule has 2 heterocycles. The lowest BCUT2D eigenvalue weighted by molar-refractivity contribution is 0.101. The Kier molecular flexibility index (Phi) is 5.38. The van der Waals surface area contributed by atoms with Crippen molar-refractivity contribution < 1.29 is 4.74 Å². The Balaban J connectivity index is 1.83. The first kappa shape index (κ1) is 13.7. The molecule has 0 radical (unpaired) electrons. The molecule has 1 saturated heterocycles. The third kappa shape index (κ3) is 3.65. The smallest absolute Gasteiger partial charge is 0.0772 e. The molecule has 1 aliphatic rings. The van der Waals surface area contributed by atoms with Gasteiger partial charge in [-0.15, -0.1) is 0 Å². The minimum absolute atomic E-state index is 0.0140. The van der Waals surface area contributed by atoms with Crippen LogP contribution in [0.25, 0.3) is 0 Å². The number of aromatic nitrogens is 1. The summed E-state index contributed by atoms with van der Waals surface area (Å²) in [6.07, 6.45) is 7.62. The Morgan fingerprint density at radius 1 is 1.61 bits per heavy atom. The molecule has 1 aromatic heterocycles. The lowest BCUT2D eigenvalue weighted by Crippen LogP contribution is -2.29. The van der Waals surface area contributed by atoms with Crippen molar-refractivity contribution in [1.29, 1.82) is 0 Å². The second-order valence-corrected chi connectivity index (χ2v) is 5.06. The van der Waals surface area contributed by atoms with Crippen LogP contribution in [0.15, 0.2) is 18.3 Å². The molecular formula is C13H20ClN3O. The van der Waals surface area contributed by atoms with Crippen LogP contribution in [0.1, 0.15) is 43.8 Å². The van der Waals surface area contributed by atoms with E-state index in [2.05, 4.69) is 10.4 Å². The van der Waals surface area contributed by atoms with E-state index in [-0.39, 0.29) is 6.04 Å². The molecule has 100 valence electrons. The maximum Gasteiger partial charge on any atom is 0.0772 e. The molecule has 5 heteroatoms. The first-order chi connectivity index (χ1) is 8.81. The molecule has 0 saturated carbocycles. The van der Waals surface area contributed by atoms with Gasteiger partial charge >= 0.3 is 0 Å². The van der Waals surface area contributed by atoms with Crippen molar-refractivity contribution in [3.63, 3.8) is 0 Å². The number of nitrogens with two attached hydrogens (primary N) is 1. The molecule has 0 amide bonds. The van der Waals surface area contributed by atoms with Crippen LogP contribution in [0.4, 0.5) is 0 Å². The minimum atomic E-state index is 0.0140. The average molecular weight is 270 g/mol. The molecule has 2 atom stereocenters. The van der Waals surface area contributed by atoms with Gasteiger partial charge in [0.05, 0.1) is 22.9 Å². The second-order valence-electron chi connectivity index (χ2n) is 4.66. The number of rotatable bonds is 6. The van der Waals surface area contributed by atoms with Crippen molar-refractivity contribution in [1.82, 2.24) is 10.4 Å². The number of hydrogen-bond donors (Lipinski definition) is 2. The minimum Gasteiger partial charge on any atom is -0.378 e. The van der Waals surface area contributed by atoms with Crippen LogP contribution in [0.5, 0.6) is 0 Å². The van der Waals surface area contributed by atoms with Gasteiger partial charge in [-0.3, -0.25) is 16.3 Å². The molecule has 0 aliphatic carbocycles. The number of hydrazine groups is 1. The number of nitrogens with zero attached hydrogens (tertiary/aromatic N) is 1. The van der Waals surface area contributed by atoms with Gasteiger partial charge in [0.2, 0.25) is 0 Å². The van der Waals surface area contributed by atoms with Crippen molar-refractivity contribution in [3.8, 4) is 0 Å². The summed E-state index contributed by atoms with van der Waals surface area (Å²) in [7, 11) is 0. The molecular weight excluding hydrogens is 250 g/mol. The maximum atomic E-state index is 6.12. The van der Waals surface area contributed by atoms with E-state index in [0.717, 1.165) is 31.6 Å². The summed E-state index contributed by atoms with van der Waals surface area (Å²) in [4.78, 5) is 4.29. The van der Waals surface area contributed by atoms with Gasteiger partial charge in [-0.25, -0.2) is 0 Å². The second kappa shape index (κ2) is 7.04. The average Bonchev–Trinajstić information content (AvgIpc) is 2.89. The normalized spacial score (nSPS) is 21.1. The molecule has 0 spiro atoms. The van der Waals surface area contributed by atoms with Crippen LogP contribution >= 0.6 is 11.6 Å². The van der Waals surface area contributed by atoms with Gasteiger partial charge in [-0.1, -0.05) is 11.6 Å². The molecule has 0 aromatic carbocycles. The summed E-state index contributed by atoms with van der Waals surface area (Å²) in [5.41, 5.74) is 3.62. The molecule has 0 bridgehead atoms. The van der Waals surface area contributed by atoms with Crippen molar-refractivity contribution in [3.05, 3.63) is 29.0 Å². The van der Waals surface area contributed by atoms with Crippen LogP contribution in [-0.2, 0) is 4.74 Å². The Morgan fingerprint density at radius 3 is 3.17 bits per heavy atom. The zero-order valence-corrected chi connectivity index (χ0v) is 11.2. The molecule has 3 N–H and O–H groups in total. The number of ether oxygens (including phenoxy) is 1.